The van der Waals surface area contributed by atoms with Gasteiger partial charge in [0.1, 0.15) is 5.60 Å². The van der Waals surface area contributed by atoms with Crippen molar-refractivity contribution in [1.29, 1.82) is 0 Å². The van der Waals surface area contributed by atoms with Crippen LogP contribution in [0.4, 0.5) is 10.5 Å². The average Bonchev–Trinajstić information content (AvgIpc) is 3.04. The zero-order valence-electron chi connectivity index (χ0n) is 29.4. The van der Waals surface area contributed by atoms with Gasteiger partial charge in [-0.1, -0.05) is 6.07 Å². The molecule has 0 spiro atoms. The Hall–Kier alpha value is -4.22. The van der Waals surface area contributed by atoms with E-state index in [1.54, 1.807) is 4.90 Å². The van der Waals surface area contributed by atoms with Gasteiger partial charge in [0, 0.05) is 86.6 Å². The lowest BCUT2D eigenvalue weighted by atomic mass is 9.95. The molecule has 0 unspecified atom stereocenters. The number of nitrogens with zero attached hydrogens (tertiary/aromatic N) is 4. The van der Waals surface area contributed by atoms with E-state index < -0.39 is 5.60 Å². The largest absolute Gasteiger partial charge is 0.444 e. The third kappa shape index (κ3) is 8.62. The predicted octanol–water partition coefficient (Wildman–Crippen LogP) is 4.96. The van der Waals surface area contributed by atoms with Crippen molar-refractivity contribution in [3.63, 3.8) is 0 Å². The number of hydrogen-bond donors (Lipinski definition) is 2. The van der Waals surface area contributed by atoms with Crippen LogP contribution in [0.2, 0.25) is 0 Å². The monoisotopic (exact) mass is 658 g/mol. The number of aromatic amines is 1. The number of pyridine rings is 2. The number of piperidine rings is 1. The SMILES string of the molecule is Cc1cc(C)c(CNC(=O)c2cc(-c3ccc(CN4CCOCC4)nc3)cc(N(C)C3CCN(C(=O)OC(C)(C)C)CC3)c2C)c(=O)[nH]1. The molecule has 2 amide bonds. The van der Waals surface area contributed by atoms with Gasteiger partial charge in [0.15, 0.2) is 0 Å². The van der Waals surface area contributed by atoms with E-state index in [1.165, 1.54) is 0 Å². The molecular weight excluding hydrogens is 608 g/mol. The Kier molecular flexibility index (Phi) is 10.9. The van der Waals surface area contributed by atoms with Gasteiger partial charge >= 0.3 is 6.09 Å². The Morgan fingerprint density at radius 1 is 1.04 bits per heavy atom. The van der Waals surface area contributed by atoms with Gasteiger partial charge in [0.05, 0.1) is 18.9 Å². The molecule has 1 aromatic carbocycles. The molecule has 0 bridgehead atoms. The molecule has 0 radical (unpaired) electrons. The summed E-state index contributed by atoms with van der Waals surface area (Å²) >= 11 is 0. The number of amides is 2. The van der Waals surface area contributed by atoms with Crippen LogP contribution in [0.1, 0.15) is 72.0 Å². The van der Waals surface area contributed by atoms with Crippen LogP contribution in [-0.4, -0.2) is 89.9 Å². The maximum absolute atomic E-state index is 13.8. The van der Waals surface area contributed by atoms with Gasteiger partial charge < -0.3 is 29.6 Å². The summed E-state index contributed by atoms with van der Waals surface area (Å²) < 4.78 is 11.1. The molecule has 0 atom stereocenters. The van der Waals surface area contributed by atoms with E-state index in [0.717, 1.165) is 85.0 Å². The summed E-state index contributed by atoms with van der Waals surface area (Å²) in [7, 11) is 2.06. The van der Waals surface area contributed by atoms with Crippen LogP contribution < -0.4 is 15.8 Å². The van der Waals surface area contributed by atoms with Gasteiger partial charge in [-0.15, -0.1) is 0 Å². The van der Waals surface area contributed by atoms with Crippen molar-refractivity contribution in [3.05, 3.63) is 80.5 Å². The second-order valence-electron chi connectivity index (χ2n) is 14.0. The molecular formula is C37H50N6O5. The number of morpholine rings is 1. The van der Waals surface area contributed by atoms with Crippen molar-refractivity contribution in [3.8, 4) is 11.1 Å². The molecule has 2 N–H and O–H groups in total. The number of carbonyl (C=O) groups is 2. The van der Waals surface area contributed by atoms with Crippen LogP contribution in [0, 0.1) is 20.8 Å². The van der Waals surface area contributed by atoms with Crippen LogP contribution in [-0.2, 0) is 22.6 Å². The lowest BCUT2D eigenvalue weighted by molar-refractivity contribution is 0.0205. The van der Waals surface area contributed by atoms with Crippen molar-refractivity contribution < 1.29 is 19.1 Å². The van der Waals surface area contributed by atoms with Gasteiger partial charge in [-0.05, 0) is 95.3 Å². The second-order valence-corrected chi connectivity index (χ2v) is 14.0. The highest BCUT2D eigenvalue weighted by Crippen LogP contribution is 2.33. The molecule has 258 valence electrons. The Morgan fingerprint density at radius 3 is 2.38 bits per heavy atom. The van der Waals surface area contributed by atoms with Crippen molar-refractivity contribution in [2.24, 2.45) is 0 Å². The topological polar surface area (TPSA) is 120 Å². The van der Waals surface area contributed by atoms with Crippen LogP contribution >= 0.6 is 0 Å². The number of likely N-dealkylation sites (tertiary alicyclic amines) is 1. The highest BCUT2D eigenvalue weighted by atomic mass is 16.6. The lowest BCUT2D eigenvalue weighted by Crippen LogP contribution is -2.47. The van der Waals surface area contributed by atoms with Crippen LogP contribution in [0.3, 0.4) is 0 Å². The van der Waals surface area contributed by atoms with E-state index >= 15 is 0 Å². The zero-order valence-corrected chi connectivity index (χ0v) is 29.4. The third-order valence-corrected chi connectivity index (χ3v) is 9.24. The summed E-state index contributed by atoms with van der Waals surface area (Å²) in [5, 5.41) is 3.01. The number of ether oxygens (including phenoxy) is 2. The third-order valence-electron chi connectivity index (χ3n) is 9.24. The van der Waals surface area contributed by atoms with Crippen LogP contribution in [0.15, 0.2) is 41.3 Å². The first-order valence-corrected chi connectivity index (χ1v) is 16.9. The van der Waals surface area contributed by atoms with E-state index in [2.05, 4.69) is 39.3 Å². The molecule has 3 aromatic rings. The molecule has 0 aliphatic carbocycles. The zero-order chi connectivity index (χ0) is 34.6. The summed E-state index contributed by atoms with van der Waals surface area (Å²) in [6, 6.07) is 10.2. The second kappa shape index (κ2) is 14.9. The van der Waals surface area contributed by atoms with E-state index in [9.17, 15) is 14.4 Å². The van der Waals surface area contributed by atoms with Crippen molar-refractivity contribution in [2.75, 3.05) is 51.3 Å². The Morgan fingerprint density at radius 2 is 1.75 bits per heavy atom. The minimum atomic E-state index is -0.541. The fourth-order valence-corrected chi connectivity index (χ4v) is 6.47. The fraction of sp³-hybridized carbons (Fsp3) is 0.514. The minimum absolute atomic E-state index is 0.121. The highest BCUT2D eigenvalue weighted by Gasteiger charge is 2.30. The summed E-state index contributed by atoms with van der Waals surface area (Å²) in [4.78, 5) is 53.2. The quantitative estimate of drug-likeness (QED) is 0.349. The number of anilines is 1. The minimum Gasteiger partial charge on any atom is -0.444 e. The Balaban J connectivity index is 1.40. The van der Waals surface area contributed by atoms with Crippen LogP contribution in [0.25, 0.3) is 11.1 Å². The summed E-state index contributed by atoms with van der Waals surface area (Å²) in [6.45, 7) is 16.6. The van der Waals surface area contributed by atoms with E-state index in [1.807, 2.05) is 65.9 Å². The van der Waals surface area contributed by atoms with Gasteiger partial charge in [0.25, 0.3) is 11.5 Å². The molecule has 48 heavy (non-hydrogen) atoms. The average molecular weight is 659 g/mol. The van der Waals surface area contributed by atoms with E-state index in [4.69, 9.17) is 14.5 Å². The molecule has 2 aromatic heterocycles. The number of rotatable bonds is 8. The van der Waals surface area contributed by atoms with Gasteiger partial charge in [0.2, 0.25) is 0 Å². The maximum Gasteiger partial charge on any atom is 0.410 e. The number of hydrogen-bond acceptors (Lipinski definition) is 8. The highest BCUT2D eigenvalue weighted by molar-refractivity contribution is 5.99. The van der Waals surface area contributed by atoms with Gasteiger partial charge in [-0.3, -0.25) is 19.5 Å². The van der Waals surface area contributed by atoms with Gasteiger partial charge in [-0.25, -0.2) is 4.79 Å². The smallest absolute Gasteiger partial charge is 0.410 e. The first-order chi connectivity index (χ1) is 22.8. The Bertz CT molecular complexity index is 1670. The number of nitrogens with one attached hydrogen (secondary N) is 2. The maximum atomic E-state index is 13.8. The summed E-state index contributed by atoms with van der Waals surface area (Å²) in [5.74, 6) is -0.250. The molecule has 2 aliphatic rings. The number of H-pyrrole nitrogens is 1. The standard InChI is InChI=1S/C37H50N6O5/c1-24-18-25(2)40-35(45)32(24)22-39-34(44)31-19-28(27-8-9-29(38-21-27)23-42-14-16-47-17-15-42)20-33(26(31)3)41(7)30-10-12-43(13-11-30)36(46)48-37(4,5)6/h8-9,18-21,30H,10-17,22-23H2,1-7H3,(H,39,44)(H,40,45). The van der Waals surface area contributed by atoms with E-state index in [-0.39, 0.29) is 30.1 Å². The van der Waals surface area contributed by atoms with Gasteiger partial charge in [-0.2, -0.15) is 0 Å². The fourth-order valence-electron chi connectivity index (χ4n) is 6.47. The van der Waals surface area contributed by atoms with Crippen LogP contribution in [0.5, 0.6) is 0 Å². The number of aromatic nitrogens is 2. The van der Waals surface area contributed by atoms with Crippen molar-refractivity contribution in [1.82, 2.24) is 25.1 Å². The Labute approximate surface area is 283 Å². The molecule has 4 heterocycles. The first-order valence-electron chi connectivity index (χ1n) is 16.9. The molecule has 2 fully saturated rings. The molecule has 0 saturated carbocycles. The summed E-state index contributed by atoms with van der Waals surface area (Å²) in [6.07, 6.45) is 3.14. The van der Waals surface area contributed by atoms with Crippen molar-refractivity contribution >= 4 is 17.7 Å². The lowest BCUT2D eigenvalue weighted by Gasteiger charge is -2.39. The number of benzene rings is 1. The first kappa shape index (κ1) is 35.1. The van der Waals surface area contributed by atoms with E-state index in [0.29, 0.717) is 24.2 Å². The molecule has 11 heteroatoms. The molecule has 11 nitrogen and oxygen atoms in total. The van der Waals surface area contributed by atoms with Crippen molar-refractivity contribution in [2.45, 2.75) is 79.1 Å². The summed E-state index contributed by atoms with van der Waals surface area (Å²) in [5.41, 5.74) is 6.53. The normalized spacial score (nSPS) is 16.1. The molecule has 2 saturated heterocycles. The predicted molar refractivity (Wildman–Crippen MR) is 187 cm³/mol. The molecule has 2 aliphatic heterocycles. The number of aryl methyl sites for hydroxylation is 2. The number of carbonyl (C=O) groups excluding carboxylic acids is 2. The molecule has 5 rings (SSSR count).